The lowest BCUT2D eigenvalue weighted by atomic mass is 10.0. The Bertz CT molecular complexity index is 843. The standard InChI is InChI=1S/C20H21F2N3O2/c1-2-27-19(26)18-16(11-23)8-9-25(18)17-10-20(21,22)14-24(13-17)12-15-6-4-3-5-7-15/h3-9,17H,2,10,12-14H2,1H3/t17-/m1/s1. The molecule has 0 unspecified atom stereocenters. The van der Waals surface area contributed by atoms with Gasteiger partial charge in [0.25, 0.3) is 5.92 Å². The van der Waals surface area contributed by atoms with Gasteiger partial charge in [-0.1, -0.05) is 30.3 Å². The van der Waals surface area contributed by atoms with E-state index in [0.717, 1.165) is 5.56 Å². The number of piperidine rings is 1. The van der Waals surface area contributed by atoms with Crippen molar-refractivity contribution in [3.05, 3.63) is 59.4 Å². The normalized spacial score (nSPS) is 19.4. The average Bonchev–Trinajstić information content (AvgIpc) is 3.05. The molecule has 1 atom stereocenters. The quantitative estimate of drug-likeness (QED) is 0.751. The van der Waals surface area contributed by atoms with E-state index in [9.17, 15) is 18.8 Å². The van der Waals surface area contributed by atoms with E-state index < -0.39 is 17.9 Å². The van der Waals surface area contributed by atoms with E-state index in [4.69, 9.17) is 4.74 Å². The van der Waals surface area contributed by atoms with E-state index in [2.05, 4.69) is 0 Å². The van der Waals surface area contributed by atoms with Gasteiger partial charge in [0.2, 0.25) is 0 Å². The Morgan fingerprint density at radius 2 is 2.07 bits per heavy atom. The summed E-state index contributed by atoms with van der Waals surface area (Å²) in [5.41, 5.74) is 1.13. The summed E-state index contributed by atoms with van der Waals surface area (Å²) in [6, 6.07) is 12.2. The Balaban J connectivity index is 1.88. The number of nitrogens with zero attached hydrogens (tertiary/aromatic N) is 3. The van der Waals surface area contributed by atoms with Crippen LogP contribution in [-0.2, 0) is 11.3 Å². The number of likely N-dealkylation sites (tertiary alicyclic amines) is 1. The van der Waals surface area contributed by atoms with Crippen LogP contribution in [0.2, 0.25) is 0 Å². The van der Waals surface area contributed by atoms with E-state index in [-0.39, 0.29) is 30.8 Å². The number of alkyl halides is 2. The number of carbonyl (C=O) groups excluding carboxylic acids is 1. The maximum Gasteiger partial charge on any atom is 0.356 e. The molecular weight excluding hydrogens is 352 g/mol. The van der Waals surface area contributed by atoms with Crippen LogP contribution in [0.15, 0.2) is 42.6 Å². The van der Waals surface area contributed by atoms with E-state index in [1.807, 2.05) is 36.4 Å². The molecule has 2 aromatic rings. The van der Waals surface area contributed by atoms with E-state index >= 15 is 0 Å². The minimum Gasteiger partial charge on any atom is -0.461 e. The summed E-state index contributed by atoms with van der Waals surface area (Å²) in [6.07, 6.45) is 1.14. The maximum atomic E-state index is 14.4. The Morgan fingerprint density at radius 3 is 2.74 bits per heavy atom. The third-order valence-corrected chi connectivity index (χ3v) is 4.60. The molecule has 5 nitrogen and oxygen atoms in total. The zero-order chi connectivity index (χ0) is 19.4. The molecule has 0 saturated carbocycles. The van der Waals surface area contributed by atoms with Crippen molar-refractivity contribution in [2.75, 3.05) is 19.7 Å². The molecule has 1 aromatic heterocycles. The van der Waals surface area contributed by atoms with Gasteiger partial charge in [0.15, 0.2) is 0 Å². The lowest BCUT2D eigenvalue weighted by Crippen LogP contribution is -2.47. The summed E-state index contributed by atoms with van der Waals surface area (Å²) in [6.45, 7) is 2.23. The molecule has 7 heteroatoms. The Hall–Kier alpha value is -2.72. The molecule has 1 aliphatic rings. The van der Waals surface area contributed by atoms with Gasteiger partial charge in [-0.05, 0) is 18.6 Å². The average molecular weight is 373 g/mol. The first kappa shape index (κ1) is 19.1. The number of aromatic nitrogens is 1. The summed E-state index contributed by atoms with van der Waals surface area (Å²) < 4.78 is 35.3. The van der Waals surface area contributed by atoms with Gasteiger partial charge in [-0.3, -0.25) is 4.90 Å². The van der Waals surface area contributed by atoms with Crippen LogP contribution < -0.4 is 0 Å². The van der Waals surface area contributed by atoms with Crippen LogP contribution in [0, 0.1) is 11.3 Å². The zero-order valence-electron chi connectivity index (χ0n) is 15.1. The Morgan fingerprint density at radius 1 is 1.33 bits per heavy atom. The highest BCUT2D eigenvalue weighted by Gasteiger charge is 2.42. The van der Waals surface area contributed by atoms with Crippen molar-refractivity contribution in [2.24, 2.45) is 0 Å². The molecule has 2 heterocycles. The number of hydrogen-bond donors (Lipinski definition) is 0. The first-order valence-electron chi connectivity index (χ1n) is 8.85. The second-order valence-corrected chi connectivity index (χ2v) is 6.69. The maximum absolute atomic E-state index is 14.4. The number of benzene rings is 1. The van der Waals surface area contributed by atoms with Crippen molar-refractivity contribution in [2.45, 2.75) is 31.9 Å². The van der Waals surface area contributed by atoms with E-state index in [1.54, 1.807) is 11.8 Å². The molecule has 0 N–H and O–H groups in total. The summed E-state index contributed by atoms with van der Waals surface area (Å²) >= 11 is 0. The third kappa shape index (κ3) is 4.34. The van der Waals surface area contributed by atoms with Crippen LogP contribution >= 0.6 is 0 Å². The zero-order valence-corrected chi connectivity index (χ0v) is 15.1. The smallest absolute Gasteiger partial charge is 0.356 e. The first-order valence-corrected chi connectivity index (χ1v) is 8.85. The number of carbonyl (C=O) groups is 1. The summed E-state index contributed by atoms with van der Waals surface area (Å²) in [7, 11) is 0. The van der Waals surface area contributed by atoms with Crippen LogP contribution in [-0.4, -0.2) is 41.1 Å². The summed E-state index contributed by atoms with van der Waals surface area (Å²) in [5, 5.41) is 9.27. The Kier molecular flexibility index (Phi) is 5.57. The molecule has 0 radical (unpaired) electrons. The molecule has 1 fully saturated rings. The lowest BCUT2D eigenvalue weighted by Gasteiger charge is -2.38. The molecule has 0 bridgehead atoms. The molecule has 142 valence electrons. The van der Waals surface area contributed by atoms with Gasteiger partial charge < -0.3 is 9.30 Å². The van der Waals surface area contributed by atoms with E-state index in [1.165, 1.54) is 16.8 Å². The molecule has 1 saturated heterocycles. The number of ether oxygens (including phenoxy) is 1. The molecule has 27 heavy (non-hydrogen) atoms. The molecule has 0 amide bonds. The fourth-order valence-electron chi connectivity index (χ4n) is 3.57. The molecule has 0 aliphatic carbocycles. The van der Waals surface area contributed by atoms with Gasteiger partial charge >= 0.3 is 5.97 Å². The highest BCUT2D eigenvalue weighted by atomic mass is 19.3. The highest BCUT2D eigenvalue weighted by molar-refractivity contribution is 5.90. The van der Waals surface area contributed by atoms with Gasteiger partial charge in [0, 0.05) is 25.7 Å². The second-order valence-electron chi connectivity index (χ2n) is 6.69. The summed E-state index contributed by atoms with van der Waals surface area (Å²) in [5.74, 6) is -3.55. The van der Waals surface area contributed by atoms with Crippen LogP contribution in [0.25, 0.3) is 0 Å². The van der Waals surface area contributed by atoms with Gasteiger partial charge in [0.05, 0.1) is 24.8 Å². The fraction of sp³-hybridized carbons (Fsp3) is 0.400. The van der Waals surface area contributed by atoms with Gasteiger partial charge in [0.1, 0.15) is 11.8 Å². The van der Waals surface area contributed by atoms with Crippen molar-refractivity contribution >= 4 is 5.97 Å². The SMILES string of the molecule is CCOC(=O)c1c(C#N)ccn1[C@H]1CN(Cc2ccccc2)CC(F)(F)C1. The van der Waals surface area contributed by atoms with Crippen LogP contribution in [0.5, 0.6) is 0 Å². The highest BCUT2D eigenvalue weighted by Crippen LogP contribution is 2.35. The van der Waals surface area contributed by atoms with Crippen molar-refractivity contribution in [1.82, 2.24) is 9.47 Å². The second kappa shape index (κ2) is 7.89. The minimum atomic E-state index is -2.89. The van der Waals surface area contributed by atoms with Gasteiger partial charge in [-0.25, -0.2) is 13.6 Å². The van der Waals surface area contributed by atoms with Crippen LogP contribution in [0.1, 0.15) is 41.0 Å². The van der Waals surface area contributed by atoms with Crippen molar-refractivity contribution in [3.63, 3.8) is 0 Å². The number of halogens is 2. The summed E-state index contributed by atoms with van der Waals surface area (Å²) in [4.78, 5) is 14.0. The first-order chi connectivity index (χ1) is 12.9. The fourth-order valence-corrected chi connectivity index (χ4v) is 3.57. The molecule has 1 aromatic carbocycles. The molecular formula is C20H21F2N3O2. The topological polar surface area (TPSA) is 58.3 Å². The number of hydrogen-bond acceptors (Lipinski definition) is 4. The number of rotatable bonds is 5. The van der Waals surface area contributed by atoms with Crippen LogP contribution in [0.4, 0.5) is 8.78 Å². The Labute approximate surface area is 156 Å². The predicted octanol–water partition coefficient (Wildman–Crippen LogP) is 3.62. The third-order valence-electron chi connectivity index (χ3n) is 4.60. The largest absolute Gasteiger partial charge is 0.461 e. The van der Waals surface area contributed by atoms with Crippen molar-refractivity contribution in [3.8, 4) is 6.07 Å². The van der Waals surface area contributed by atoms with Crippen molar-refractivity contribution < 1.29 is 18.3 Å². The lowest BCUT2D eigenvalue weighted by molar-refractivity contribution is -0.0838. The molecule has 3 rings (SSSR count). The van der Waals surface area contributed by atoms with Crippen LogP contribution in [0.3, 0.4) is 0 Å². The number of esters is 1. The van der Waals surface area contributed by atoms with Crippen molar-refractivity contribution in [1.29, 1.82) is 5.26 Å². The van der Waals surface area contributed by atoms with Gasteiger partial charge in [-0.15, -0.1) is 0 Å². The van der Waals surface area contributed by atoms with Gasteiger partial charge in [-0.2, -0.15) is 5.26 Å². The molecule has 0 spiro atoms. The minimum absolute atomic E-state index is 0.0433. The monoisotopic (exact) mass is 373 g/mol. The predicted molar refractivity (Wildman–Crippen MR) is 95.4 cm³/mol. The van der Waals surface area contributed by atoms with E-state index in [0.29, 0.717) is 13.1 Å². The number of nitriles is 1. The molecule has 1 aliphatic heterocycles.